The van der Waals surface area contributed by atoms with Gasteiger partial charge in [0.15, 0.2) is 11.5 Å². The highest BCUT2D eigenvalue weighted by atomic mass is 35.5. The number of rotatable bonds is 1. The van der Waals surface area contributed by atoms with Gasteiger partial charge in [-0.1, -0.05) is 11.6 Å². The van der Waals surface area contributed by atoms with Crippen LogP contribution >= 0.6 is 11.6 Å². The van der Waals surface area contributed by atoms with E-state index < -0.39 is 0 Å². The van der Waals surface area contributed by atoms with E-state index in [0.29, 0.717) is 16.6 Å². The summed E-state index contributed by atoms with van der Waals surface area (Å²) in [5.41, 5.74) is 6.32. The number of nitrogens with zero attached hydrogens (tertiary/aromatic N) is 4. The molecule has 0 spiro atoms. The number of halogens is 1. The Morgan fingerprint density at radius 1 is 1.46 bits per heavy atom. The zero-order chi connectivity index (χ0) is 9.42. The molecule has 13 heavy (non-hydrogen) atoms. The molecule has 6 heteroatoms. The standard InChI is InChI=1S/C7H8ClN5/c1-4(9)7-11-10-6-3-2-5(8)12-13(6)7/h2-4H,9H2,1H3. The Morgan fingerprint density at radius 3 is 2.92 bits per heavy atom. The monoisotopic (exact) mass is 197 g/mol. The first-order valence-corrected chi connectivity index (χ1v) is 4.20. The lowest BCUT2D eigenvalue weighted by Crippen LogP contribution is -2.11. The van der Waals surface area contributed by atoms with Crippen LogP contribution in [0, 0.1) is 0 Å². The molecule has 2 aromatic rings. The van der Waals surface area contributed by atoms with Gasteiger partial charge in [-0.25, -0.2) is 0 Å². The Balaban J connectivity index is 2.71. The predicted octanol–water partition coefficient (Wildman–Crippen LogP) is 0.797. The fourth-order valence-electron chi connectivity index (χ4n) is 1.07. The average molecular weight is 198 g/mol. The molecule has 0 saturated carbocycles. The summed E-state index contributed by atoms with van der Waals surface area (Å²) in [5, 5.41) is 12.2. The van der Waals surface area contributed by atoms with Crippen LogP contribution in [0.3, 0.4) is 0 Å². The molecule has 0 amide bonds. The molecule has 5 nitrogen and oxygen atoms in total. The van der Waals surface area contributed by atoms with Crippen molar-refractivity contribution in [1.82, 2.24) is 19.8 Å². The molecule has 0 aliphatic carbocycles. The fraction of sp³-hybridized carbons (Fsp3) is 0.286. The molecule has 0 bridgehead atoms. The van der Waals surface area contributed by atoms with Crippen molar-refractivity contribution >= 4 is 17.2 Å². The molecule has 0 aliphatic heterocycles. The number of nitrogens with two attached hydrogens (primary N) is 1. The van der Waals surface area contributed by atoms with Crippen molar-refractivity contribution in [2.45, 2.75) is 13.0 Å². The minimum absolute atomic E-state index is 0.207. The molecule has 0 aliphatic rings. The number of fused-ring (bicyclic) bond motifs is 1. The zero-order valence-corrected chi connectivity index (χ0v) is 7.73. The Bertz CT molecular complexity index is 435. The van der Waals surface area contributed by atoms with Crippen LogP contribution in [0.5, 0.6) is 0 Å². The molecule has 0 fully saturated rings. The van der Waals surface area contributed by atoms with E-state index in [-0.39, 0.29) is 6.04 Å². The van der Waals surface area contributed by atoms with Crippen molar-refractivity contribution in [2.24, 2.45) is 5.73 Å². The van der Waals surface area contributed by atoms with Crippen molar-refractivity contribution < 1.29 is 0 Å². The second-order valence-electron chi connectivity index (χ2n) is 2.77. The molecule has 0 aromatic carbocycles. The fourth-order valence-corrected chi connectivity index (χ4v) is 1.21. The molecule has 68 valence electrons. The maximum atomic E-state index is 5.72. The van der Waals surface area contributed by atoms with E-state index in [4.69, 9.17) is 17.3 Å². The lowest BCUT2D eigenvalue weighted by Gasteiger charge is -2.00. The summed E-state index contributed by atoms with van der Waals surface area (Å²) in [4.78, 5) is 0. The van der Waals surface area contributed by atoms with Gasteiger partial charge in [0.1, 0.15) is 5.15 Å². The van der Waals surface area contributed by atoms with Crippen molar-refractivity contribution in [3.8, 4) is 0 Å². The van der Waals surface area contributed by atoms with Crippen LogP contribution < -0.4 is 5.73 Å². The van der Waals surface area contributed by atoms with Crippen LogP contribution in [-0.4, -0.2) is 19.8 Å². The molecule has 2 rings (SSSR count). The van der Waals surface area contributed by atoms with Crippen LogP contribution in [0.25, 0.3) is 5.65 Å². The van der Waals surface area contributed by atoms with E-state index in [2.05, 4.69) is 15.3 Å². The Morgan fingerprint density at radius 2 is 2.23 bits per heavy atom. The Kier molecular flexibility index (Phi) is 1.90. The molecule has 2 N–H and O–H groups in total. The Labute approximate surface area is 79.5 Å². The highest BCUT2D eigenvalue weighted by molar-refractivity contribution is 6.29. The average Bonchev–Trinajstić information content (AvgIpc) is 2.46. The maximum absolute atomic E-state index is 5.72. The summed E-state index contributed by atoms with van der Waals surface area (Å²) in [6, 6.07) is 3.20. The van der Waals surface area contributed by atoms with Gasteiger partial charge in [0.25, 0.3) is 0 Å². The van der Waals surface area contributed by atoms with Crippen LogP contribution in [0.4, 0.5) is 0 Å². The molecule has 2 heterocycles. The third kappa shape index (κ3) is 1.36. The smallest absolute Gasteiger partial charge is 0.178 e. The van der Waals surface area contributed by atoms with Gasteiger partial charge in [-0.15, -0.1) is 10.2 Å². The zero-order valence-electron chi connectivity index (χ0n) is 6.98. The third-order valence-corrected chi connectivity index (χ3v) is 1.86. The lowest BCUT2D eigenvalue weighted by molar-refractivity contribution is 0.695. The molecular weight excluding hydrogens is 190 g/mol. The SMILES string of the molecule is CC(N)c1nnc2ccc(Cl)nn12. The van der Waals surface area contributed by atoms with Crippen LogP contribution in [-0.2, 0) is 0 Å². The van der Waals surface area contributed by atoms with E-state index in [9.17, 15) is 0 Å². The van der Waals surface area contributed by atoms with Crippen molar-refractivity contribution in [1.29, 1.82) is 0 Å². The molecule has 0 radical (unpaired) electrons. The Hall–Kier alpha value is -1.20. The molecular formula is C7H8ClN5. The van der Waals surface area contributed by atoms with Gasteiger partial charge in [-0.05, 0) is 19.1 Å². The van der Waals surface area contributed by atoms with Gasteiger partial charge in [-0.3, -0.25) is 0 Å². The quantitative estimate of drug-likeness (QED) is 0.734. The number of hydrogen-bond acceptors (Lipinski definition) is 4. The molecule has 0 saturated heterocycles. The van der Waals surface area contributed by atoms with E-state index in [1.54, 1.807) is 16.6 Å². The molecule has 1 atom stereocenters. The van der Waals surface area contributed by atoms with E-state index in [1.807, 2.05) is 6.92 Å². The predicted molar refractivity (Wildman–Crippen MR) is 48.4 cm³/mol. The first-order chi connectivity index (χ1) is 6.18. The number of hydrogen-bond donors (Lipinski definition) is 1. The summed E-state index contributed by atoms with van der Waals surface area (Å²) in [6.45, 7) is 1.82. The van der Waals surface area contributed by atoms with Crippen molar-refractivity contribution in [2.75, 3.05) is 0 Å². The van der Waals surface area contributed by atoms with Gasteiger partial charge in [-0.2, -0.15) is 9.61 Å². The van der Waals surface area contributed by atoms with E-state index in [1.165, 1.54) is 0 Å². The minimum Gasteiger partial charge on any atom is -0.321 e. The van der Waals surface area contributed by atoms with Gasteiger partial charge in [0.05, 0.1) is 6.04 Å². The highest BCUT2D eigenvalue weighted by Crippen LogP contribution is 2.10. The van der Waals surface area contributed by atoms with Gasteiger partial charge >= 0.3 is 0 Å². The lowest BCUT2D eigenvalue weighted by atomic mass is 10.3. The van der Waals surface area contributed by atoms with E-state index >= 15 is 0 Å². The summed E-state index contributed by atoms with van der Waals surface area (Å²) in [6.07, 6.45) is 0. The summed E-state index contributed by atoms with van der Waals surface area (Å²) in [5.74, 6) is 0.609. The second kappa shape index (κ2) is 2.93. The second-order valence-corrected chi connectivity index (χ2v) is 3.16. The van der Waals surface area contributed by atoms with Crippen LogP contribution in [0.15, 0.2) is 12.1 Å². The normalized spacial score (nSPS) is 13.5. The minimum atomic E-state index is -0.207. The van der Waals surface area contributed by atoms with Crippen molar-refractivity contribution in [3.05, 3.63) is 23.1 Å². The molecule has 2 aromatic heterocycles. The summed E-state index contributed by atoms with van der Waals surface area (Å²) in [7, 11) is 0. The van der Waals surface area contributed by atoms with Gasteiger partial charge in [0.2, 0.25) is 0 Å². The summed E-state index contributed by atoms with van der Waals surface area (Å²) < 4.78 is 1.55. The van der Waals surface area contributed by atoms with Gasteiger partial charge in [0, 0.05) is 0 Å². The van der Waals surface area contributed by atoms with Crippen LogP contribution in [0.1, 0.15) is 18.8 Å². The maximum Gasteiger partial charge on any atom is 0.178 e. The number of aromatic nitrogens is 4. The largest absolute Gasteiger partial charge is 0.321 e. The van der Waals surface area contributed by atoms with E-state index in [0.717, 1.165) is 0 Å². The summed E-state index contributed by atoms with van der Waals surface area (Å²) >= 11 is 5.72. The van der Waals surface area contributed by atoms with Gasteiger partial charge < -0.3 is 5.73 Å². The molecule has 1 unspecified atom stereocenters. The van der Waals surface area contributed by atoms with Crippen molar-refractivity contribution in [3.63, 3.8) is 0 Å². The third-order valence-electron chi connectivity index (χ3n) is 1.66. The highest BCUT2D eigenvalue weighted by Gasteiger charge is 2.10. The van der Waals surface area contributed by atoms with Crippen LogP contribution in [0.2, 0.25) is 5.15 Å². The first-order valence-electron chi connectivity index (χ1n) is 3.82. The topological polar surface area (TPSA) is 69.1 Å². The first kappa shape index (κ1) is 8.40.